The first-order valence-corrected chi connectivity index (χ1v) is 5.36. The highest BCUT2D eigenvalue weighted by Crippen LogP contribution is 2.20. The van der Waals surface area contributed by atoms with E-state index in [1.165, 1.54) is 6.92 Å². The number of imidazole rings is 1. The molecule has 0 saturated heterocycles. The third-order valence-electron chi connectivity index (χ3n) is 2.71. The van der Waals surface area contributed by atoms with Gasteiger partial charge in [0.15, 0.2) is 0 Å². The monoisotopic (exact) mass is 225 g/mol. The summed E-state index contributed by atoms with van der Waals surface area (Å²) in [7, 11) is 0. The maximum Gasteiger partial charge on any atom is 0.221 e. The smallest absolute Gasteiger partial charge is 0.221 e. The van der Waals surface area contributed by atoms with Crippen molar-refractivity contribution in [2.45, 2.75) is 6.92 Å². The van der Waals surface area contributed by atoms with Gasteiger partial charge in [-0.1, -0.05) is 6.07 Å². The van der Waals surface area contributed by atoms with Gasteiger partial charge in [-0.25, -0.2) is 4.98 Å². The Morgan fingerprint density at radius 2 is 2.18 bits per heavy atom. The number of hydrogen-bond acceptors (Lipinski definition) is 2. The van der Waals surface area contributed by atoms with E-state index in [2.05, 4.69) is 10.3 Å². The number of nitrogens with one attached hydrogen (secondary N) is 1. The Balaban J connectivity index is 2.23. The van der Waals surface area contributed by atoms with Gasteiger partial charge in [0.05, 0.1) is 23.6 Å². The Bertz CT molecular complexity index is 715. The third-order valence-corrected chi connectivity index (χ3v) is 2.71. The second-order valence-corrected chi connectivity index (χ2v) is 3.98. The molecule has 0 radical (unpaired) electrons. The number of carbonyl (C=O) groups excluding carboxylic acids is 1. The van der Waals surface area contributed by atoms with Crippen molar-refractivity contribution in [3.05, 3.63) is 42.9 Å². The lowest BCUT2D eigenvalue weighted by Crippen LogP contribution is -2.05. The lowest BCUT2D eigenvalue weighted by Gasteiger charge is -2.06. The van der Waals surface area contributed by atoms with Gasteiger partial charge >= 0.3 is 0 Å². The van der Waals surface area contributed by atoms with Crippen molar-refractivity contribution in [1.29, 1.82) is 0 Å². The summed E-state index contributed by atoms with van der Waals surface area (Å²) in [6, 6.07) is 9.86. The standard InChI is InChI=1S/C13H11N3O/c1-9(17)15-11-3-5-13-10(6-11)2-4-12-7-14-8-16(12)13/h2-8H,1H3,(H,15,17). The summed E-state index contributed by atoms with van der Waals surface area (Å²) in [4.78, 5) is 15.1. The summed E-state index contributed by atoms with van der Waals surface area (Å²) in [6.45, 7) is 1.50. The van der Waals surface area contributed by atoms with Crippen LogP contribution in [0.4, 0.5) is 5.69 Å². The fourth-order valence-corrected chi connectivity index (χ4v) is 1.99. The topological polar surface area (TPSA) is 46.4 Å². The number of rotatable bonds is 1. The van der Waals surface area contributed by atoms with Crippen molar-refractivity contribution >= 4 is 28.0 Å². The van der Waals surface area contributed by atoms with Crippen LogP contribution in [-0.4, -0.2) is 15.3 Å². The van der Waals surface area contributed by atoms with Crippen LogP contribution >= 0.6 is 0 Å². The number of aromatic nitrogens is 2. The van der Waals surface area contributed by atoms with Gasteiger partial charge in [-0.15, -0.1) is 0 Å². The van der Waals surface area contributed by atoms with Crippen LogP contribution in [0.5, 0.6) is 0 Å². The fraction of sp³-hybridized carbons (Fsp3) is 0.0769. The molecular weight excluding hydrogens is 214 g/mol. The van der Waals surface area contributed by atoms with Crippen molar-refractivity contribution < 1.29 is 4.79 Å². The molecule has 0 fully saturated rings. The number of amides is 1. The lowest BCUT2D eigenvalue weighted by atomic mass is 10.2. The van der Waals surface area contributed by atoms with Crippen LogP contribution in [0.1, 0.15) is 6.92 Å². The van der Waals surface area contributed by atoms with Crippen molar-refractivity contribution in [3.63, 3.8) is 0 Å². The highest BCUT2D eigenvalue weighted by molar-refractivity contribution is 5.93. The van der Waals surface area contributed by atoms with Crippen LogP contribution < -0.4 is 5.32 Å². The SMILES string of the molecule is CC(=O)Nc1ccc2c(ccc3cncn32)c1. The molecule has 0 aliphatic heterocycles. The molecule has 4 nitrogen and oxygen atoms in total. The summed E-state index contributed by atoms with van der Waals surface area (Å²) in [6.07, 6.45) is 3.61. The highest BCUT2D eigenvalue weighted by Gasteiger charge is 2.02. The quantitative estimate of drug-likeness (QED) is 0.691. The minimum absolute atomic E-state index is 0.0620. The second-order valence-electron chi connectivity index (χ2n) is 3.98. The van der Waals surface area contributed by atoms with Crippen LogP contribution in [0.25, 0.3) is 16.4 Å². The van der Waals surface area contributed by atoms with Gasteiger partial charge < -0.3 is 5.32 Å². The van der Waals surface area contributed by atoms with Crippen LogP contribution in [0.3, 0.4) is 0 Å². The first-order chi connectivity index (χ1) is 8.24. The van der Waals surface area contributed by atoms with Gasteiger partial charge in [0.2, 0.25) is 5.91 Å². The molecule has 2 aromatic heterocycles. The molecule has 3 rings (SSSR count). The number of carbonyl (C=O) groups is 1. The summed E-state index contributed by atoms with van der Waals surface area (Å²) in [5.74, 6) is -0.0620. The summed E-state index contributed by atoms with van der Waals surface area (Å²) >= 11 is 0. The van der Waals surface area contributed by atoms with E-state index in [1.54, 1.807) is 6.33 Å². The molecule has 0 atom stereocenters. The van der Waals surface area contributed by atoms with Crippen molar-refractivity contribution in [2.24, 2.45) is 0 Å². The van der Waals surface area contributed by atoms with E-state index in [0.29, 0.717) is 0 Å². The Kier molecular flexibility index (Phi) is 2.08. The number of fused-ring (bicyclic) bond motifs is 3. The molecule has 3 aromatic rings. The zero-order valence-electron chi connectivity index (χ0n) is 9.34. The first kappa shape index (κ1) is 9.84. The molecule has 2 heterocycles. The third kappa shape index (κ3) is 1.63. The van der Waals surface area contributed by atoms with Gasteiger partial charge in [-0.2, -0.15) is 0 Å². The largest absolute Gasteiger partial charge is 0.326 e. The van der Waals surface area contributed by atoms with E-state index in [-0.39, 0.29) is 5.91 Å². The van der Waals surface area contributed by atoms with Gasteiger partial charge in [0, 0.05) is 18.0 Å². The molecule has 84 valence electrons. The molecule has 17 heavy (non-hydrogen) atoms. The molecule has 0 aliphatic rings. The van der Waals surface area contributed by atoms with Crippen molar-refractivity contribution in [3.8, 4) is 0 Å². The molecule has 1 amide bonds. The number of anilines is 1. The van der Waals surface area contributed by atoms with Gasteiger partial charge in [-0.05, 0) is 24.3 Å². The van der Waals surface area contributed by atoms with Gasteiger partial charge in [0.25, 0.3) is 0 Å². The zero-order valence-corrected chi connectivity index (χ0v) is 9.34. The number of pyridine rings is 1. The van der Waals surface area contributed by atoms with E-state index >= 15 is 0 Å². The molecule has 0 bridgehead atoms. The molecule has 1 N–H and O–H groups in total. The average Bonchev–Trinajstić information content (AvgIpc) is 2.76. The Hall–Kier alpha value is -2.36. The molecule has 0 aliphatic carbocycles. The average molecular weight is 225 g/mol. The van der Waals surface area contributed by atoms with E-state index in [0.717, 1.165) is 22.1 Å². The maximum absolute atomic E-state index is 11.0. The van der Waals surface area contributed by atoms with Crippen LogP contribution in [0.2, 0.25) is 0 Å². The molecule has 1 aromatic carbocycles. The van der Waals surface area contributed by atoms with Crippen molar-refractivity contribution in [2.75, 3.05) is 5.32 Å². The van der Waals surface area contributed by atoms with Crippen LogP contribution in [0, 0.1) is 0 Å². The minimum Gasteiger partial charge on any atom is -0.326 e. The van der Waals surface area contributed by atoms with Crippen molar-refractivity contribution in [1.82, 2.24) is 9.38 Å². The van der Waals surface area contributed by atoms with Crippen LogP contribution in [-0.2, 0) is 4.79 Å². The molecule has 0 spiro atoms. The lowest BCUT2D eigenvalue weighted by molar-refractivity contribution is -0.114. The maximum atomic E-state index is 11.0. The molecule has 0 saturated carbocycles. The number of benzene rings is 1. The molecule has 4 heteroatoms. The summed E-state index contributed by atoms with van der Waals surface area (Å²) < 4.78 is 2.02. The normalized spacial score (nSPS) is 10.9. The number of nitrogens with zero attached hydrogens (tertiary/aromatic N) is 2. The summed E-state index contributed by atoms with van der Waals surface area (Å²) in [5, 5.41) is 3.85. The Morgan fingerprint density at radius 3 is 3.00 bits per heavy atom. The molecular formula is C13H11N3O. The first-order valence-electron chi connectivity index (χ1n) is 5.36. The van der Waals surface area contributed by atoms with E-state index in [4.69, 9.17) is 0 Å². The van der Waals surface area contributed by atoms with Crippen LogP contribution in [0.15, 0.2) is 42.9 Å². The predicted molar refractivity (Wildman–Crippen MR) is 67.0 cm³/mol. The van der Waals surface area contributed by atoms with E-state index in [1.807, 2.05) is 40.9 Å². The fourth-order valence-electron chi connectivity index (χ4n) is 1.99. The second kappa shape index (κ2) is 3.59. The predicted octanol–water partition coefficient (Wildman–Crippen LogP) is 2.45. The van der Waals surface area contributed by atoms with Gasteiger partial charge in [-0.3, -0.25) is 9.20 Å². The highest BCUT2D eigenvalue weighted by atomic mass is 16.1. The zero-order chi connectivity index (χ0) is 11.8. The summed E-state index contributed by atoms with van der Waals surface area (Å²) in [5.41, 5.74) is 2.95. The van der Waals surface area contributed by atoms with E-state index < -0.39 is 0 Å². The van der Waals surface area contributed by atoms with Gasteiger partial charge in [0.1, 0.15) is 0 Å². The van der Waals surface area contributed by atoms with E-state index in [9.17, 15) is 4.79 Å². The minimum atomic E-state index is -0.0620. The Morgan fingerprint density at radius 1 is 1.29 bits per heavy atom. The Labute approximate surface area is 97.9 Å². The molecule has 0 unspecified atom stereocenters. The number of hydrogen-bond donors (Lipinski definition) is 1.